The van der Waals surface area contributed by atoms with E-state index in [9.17, 15) is 13.2 Å². The zero-order chi connectivity index (χ0) is 15.9. The van der Waals surface area contributed by atoms with Crippen LogP contribution in [0.2, 0.25) is 0 Å². The number of nitrogens with one attached hydrogen (secondary N) is 1. The summed E-state index contributed by atoms with van der Waals surface area (Å²) in [6.07, 6.45) is 0.543. The molecule has 1 aromatic carbocycles. The monoisotopic (exact) mass is 312 g/mol. The summed E-state index contributed by atoms with van der Waals surface area (Å²) in [5.41, 5.74) is 7.16. The summed E-state index contributed by atoms with van der Waals surface area (Å²) in [5, 5.41) is 2.75. The molecule has 0 radical (unpaired) electrons. The van der Waals surface area contributed by atoms with Crippen molar-refractivity contribution >= 4 is 21.4 Å². The first-order valence-electron chi connectivity index (χ1n) is 7.11. The average molecular weight is 312 g/mol. The number of carbonyl (C=O) groups is 1. The van der Waals surface area contributed by atoms with Gasteiger partial charge < -0.3 is 11.1 Å². The number of hydrogen-bond acceptors (Lipinski definition) is 4. The Morgan fingerprint density at radius 3 is 2.67 bits per heavy atom. The van der Waals surface area contributed by atoms with Crippen molar-refractivity contribution in [2.45, 2.75) is 33.2 Å². The fourth-order valence-electron chi connectivity index (χ4n) is 2.04. The molecule has 0 aromatic heterocycles. The molecule has 0 aliphatic heterocycles. The van der Waals surface area contributed by atoms with Crippen LogP contribution in [0.1, 0.15) is 32.3 Å². The van der Waals surface area contributed by atoms with Crippen LogP contribution in [0.15, 0.2) is 24.3 Å². The zero-order valence-corrected chi connectivity index (χ0v) is 13.4. The van der Waals surface area contributed by atoms with E-state index in [0.29, 0.717) is 18.7 Å². The highest BCUT2D eigenvalue weighted by Crippen LogP contribution is 2.11. The van der Waals surface area contributed by atoms with Crippen LogP contribution in [0.25, 0.3) is 0 Å². The standard InChI is InChI=1S/C15H24N2O3S/c1-12(2)11-21(19,20)8-4-7-15(18)17-14-6-3-5-13(9-14)10-16/h3,5-6,9,12H,4,7-8,10-11,16H2,1-2H3,(H,17,18). The molecule has 0 bridgehead atoms. The van der Waals surface area contributed by atoms with Gasteiger partial charge in [-0.15, -0.1) is 0 Å². The lowest BCUT2D eigenvalue weighted by Gasteiger charge is -2.08. The third kappa shape index (κ3) is 7.24. The van der Waals surface area contributed by atoms with Gasteiger partial charge in [0.25, 0.3) is 0 Å². The van der Waals surface area contributed by atoms with Gasteiger partial charge in [0.05, 0.1) is 11.5 Å². The number of amides is 1. The Labute approximate surface area is 126 Å². The summed E-state index contributed by atoms with van der Waals surface area (Å²) < 4.78 is 23.4. The number of hydrogen-bond donors (Lipinski definition) is 2. The predicted octanol–water partition coefficient (Wildman–Crippen LogP) is 1.93. The van der Waals surface area contributed by atoms with E-state index >= 15 is 0 Å². The minimum absolute atomic E-state index is 0.0570. The molecule has 3 N–H and O–H groups in total. The number of anilines is 1. The van der Waals surface area contributed by atoms with Gasteiger partial charge in [0.15, 0.2) is 9.84 Å². The normalized spacial score (nSPS) is 11.6. The molecule has 6 heteroatoms. The first kappa shape index (κ1) is 17.7. The third-order valence-corrected chi connectivity index (χ3v) is 4.98. The fraction of sp³-hybridized carbons (Fsp3) is 0.533. The SMILES string of the molecule is CC(C)CS(=O)(=O)CCCC(=O)Nc1cccc(CN)c1. The Morgan fingerprint density at radius 2 is 2.05 bits per heavy atom. The number of carbonyl (C=O) groups excluding carboxylic acids is 1. The second-order valence-electron chi connectivity index (χ2n) is 5.56. The Kier molecular flexibility index (Phi) is 6.84. The molecule has 0 fully saturated rings. The van der Waals surface area contributed by atoms with E-state index in [1.807, 2.05) is 32.0 Å². The van der Waals surface area contributed by atoms with Gasteiger partial charge in [-0.05, 0) is 30.0 Å². The molecule has 0 spiro atoms. The molecular formula is C15H24N2O3S. The third-order valence-electron chi connectivity index (χ3n) is 2.89. The van der Waals surface area contributed by atoms with E-state index in [0.717, 1.165) is 5.56 Å². The van der Waals surface area contributed by atoms with E-state index in [2.05, 4.69) is 5.32 Å². The molecule has 0 atom stereocenters. The largest absolute Gasteiger partial charge is 0.326 e. The number of rotatable bonds is 8. The second-order valence-corrected chi connectivity index (χ2v) is 7.79. The van der Waals surface area contributed by atoms with E-state index in [1.165, 1.54) is 0 Å². The van der Waals surface area contributed by atoms with Crippen LogP contribution in [0.4, 0.5) is 5.69 Å². The summed E-state index contributed by atoms with van der Waals surface area (Å²) in [6.45, 7) is 4.15. The Hall–Kier alpha value is -1.40. The van der Waals surface area contributed by atoms with Crippen molar-refractivity contribution in [1.82, 2.24) is 0 Å². The van der Waals surface area contributed by atoms with Gasteiger partial charge >= 0.3 is 0 Å². The van der Waals surface area contributed by atoms with Gasteiger partial charge in [-0.1, -0.05) is 26.0 Å². The Balaban J connectivity index is 2.41. The molecule has 21 heavy (non-hydrogen) atoms. The maximum absolute atomic E-state index is 11.8. The highest BCUT2D eigenvalue weighted by atomic mass is 32.2. The lowest BCUT2D eigenvalue weighted by atomic mass is 10.2. The summed E-state index contributed by atoms with van der Waals surface area (Å²) in [7, 11) is -3.06. The number of sulfone groups is 1. The smallest absolute Gasteiger partial charge is 0.224 e. The molecule has 0 aliphatic rings. The van der Waals surface area contributed by atoms with Crippen LogP contribution >= 0.6 is 0 Å². The van der Waals surface area contributed by atoms with Crippen LogP contribution < -0.4 is 11.1 Å². The average Bonchev–Trinajstić information content (AvgIpc) is 2.37. The fourth-order valence-corrected chi connectivity index (χ4v) is 3.81. The maximum atomic E-state index is 11.8. The lowest BCUT2D eigenvalue weighted by molar-refractivity contribution is -0.116. The van der Waals surface area contributed by atoms with Crippen molar-refractivity contribution in [3.05, 3.63) is 29.8 Å². The van der Waals surface area contributed by atoms with Gasteiger partial charge in [0.2, 0.25) is 5.91 Å². The molecular weight excluding hydrogens is 288 g/mol. The van der Waals surface area contributed by atoms with E-state index in [1.54, 1.807) is 6.07 Å². The Morgan fingerprint density at radius 1 is 1.33 bits per heavy atom. The predicted molar refractivity (Wildman–Crippen MR) is 85.7 cm³/mol. The molecule has 1 aromatic rings. The van der Waals surface area contributed by atoms with Crippen molar-refractivity contribution < 1.29 is 13.2 Å². The molecule has 0 aliphatic carbocycles. The van der Waals surface area contributed by atoms with Gasteiger partial charge in [0, 0.05) is 18.7 Å². The summed E-state index contributed by atoms with van der Waals surface area (Å²) in [6, 6.07) is 7.30. The van der Waals surface area contributed by atoms with Crippen LogP contribution in [0.3, 0.4) is 0 Å². The minimum atomic E-state index is -3.06. The zero-order valence-electron chi connectivity index (χ0n) is 12.6. The van der Waals surface area contributed by atoms with E-state index in [4.69, 9.17) is 5.73 Å². The molecule has 1 rings (SSSR count). The van der Waals surface area contributed by atoms with Gasteiger partial charge in [-0.25, -0.2) is 8.42 Å². The Bertz CT molecular complexity index is 568. The molecule has 0 saturated heterocycles. The number of nitrogens with two attached hydrogens (primary N) is 1. The van der Waals surface area contributed by atoms with Crippen LogP contribution in [0, 0.1) is 5.92 Å². The van der Waals surface area contributed by atoms with Crippen molar-refractivity contribution in [3.8, 4) is 0 Å². The number of benzene rings is 1. The maximum Gasteiger partial charge on any atom is 0.224 e. The van der Waals surface area contributed by atoms with Crippen molar-refractivity contribution in [1.29, 1.82) is 0 Å². The topological polar surface area (TPSA) is 89.3 Å². The summed E-state index contributed by atoms with van der Waals surface area (Å²) in [5.74, 6) is 0.168. The molecule has 0 heterocycles. The molecule has 5 nitrogen and oxygen atoms in total. The van der Waals surface area contributed by atoms with E-state index < -0.39 is 9.84 Å². The van der Waals surface area contributed by atoms with Crippen molar-refractivity contribution in [2.75, 3.05) is 16.8 Å². The quantitative estimate of drug-likeness (QED) is 0.767. The van der Waals surface area contributed by atoms with Crippen LogP contribution in [0.5, 0.6) is 0 Å². The van der Waals surface area contributed by atoms with Crippen LogP contribution in [-0.2, 0) is 21.2 Å². The summed E-state index contributed by atoms with van der Waals surface area (Å²) in [4.78, 5) is 11.8. The van der Waals surface area contributed by atoms with Crippen LogP contribution in [-0.4, -0.2) is 25.8 Å². The summed E-state index contributed by atoms with van der Waals surface area (Å²) >= 11 is 0. The second kappa shape index (κ2) is 8.14. The van der Waals surface area contributed by atoms with Gasteiger partial charge in [-0.3, -0.25) is 4.79 Å². The molecule has 0 saturated carbocycles. The minimum Gasteiger partial charge on any atom is -0.326 e. The van der Waals surface area contributed by atoms with Gasteiger partial charge in [0.1, 0.15) is 0 Å². The van der Waals surface area contributed by atoms with Crippen molar-refractivity contribution in [2.24, 2.45) is 11.7 Å². The van der Waals surface area contributed by atoms with Gasteiger partial charge in [-0.2, -0.15) is 0 Å². The highest BCUT2D eigenvalue weighted by Gasteiger charge is 2.14. The molecule has 1 amide bonds. The lowest BCUT2D eigenvalue weighted by Crippen LogP contribution is -2.18. The van der Waals surface area contributed by atoms with E-state index in [-0.39, 0.29) is 29.8 Å². The first-order chi connectivity index (χ1) is 9.82. The first-order valence-corrected chi connectivity index (χ1v) is 8.94. The van der Waals surface area contributed by atoms with Crippen molar-refractivity contribution in [3.63, 3.8) is 0 Å². The highest BCUT2D eigenvalue weighted by molar-refractivity contribution is 7.91. The molecule has 0 unspecified atom stereocenters. The molecule has 118 valence electrons.